The highest BCUT2D eigenvalue weighted by molar-refractivity contribution is 5.86. The summed E-state index contributed by atoms with van der Waals surface area (Å²) in [6.07, 6.45) is 1.10. The Bertz CT molecular complexity index is 481. The van der Waals surface area contributed by atoms with Crippen LogP contribution in [0.25, 0.3) is 0 Å². The van der Waals surface area contributed by atoms with Gasteiger partial charge in [0.2, 0.25) is 5.91 Å². The fourth-order valence-corrected chi connectivity index (χ4v) is 2.22. The molecule has 2 amide bonds. The third kappa shape index (κ3) is 3.71. The number of nitrogens with zero attached hydrogens (tertiary/aromatic N) is 1. The van der Waals surface area contributed by atoms with Gasteiger partial charge in [-0.2, -0.15) is 0 Å². The van der Waals surface area contributed by atoms with Gasteiger partial charge in [-0.3, -0.25) is 9.59 Å². The second-order valence-corrected chi connectivity index (χ2v) is 4.90. The van der Waals surface area contributed by atoms with Gasteiger partial charge in [0.25, 0.3) is 5.91 Å². The molecule has 0 aromatic heterocycles. The lowest BCUT2D eigenvalue weighted by Crippen LogP contribution is -2.43. The summed E-state index contributed by atoms with van der Waals surface area (Å²) in [5.41, 5.74) is 12.4. The molecule has 1 aromatic rings. The average Bonchev–Trinajstić information content (AvgIpc) is 2.93. The van der Waals surface area contributed by atoms with E-state index in [1.807, 2.05) is 12.1 Å². The van der Waals surface area contributed by atoms with E-state index in [9.17, 15) is 9.59 Å². The molecule has 1 saturated heterocycles. The molecule has 1 atom stereocenters. The quantitative estimate of drug-likeness (QED) is 0.754. The molecular formula is C14H19N3O3. The number of hydrogen-bond acceptors (Lipinski definition) is 4. The number of hydrogen-bond donors (Lipinski definition) is 2. The topological polar surface area (TPSA) is 98.7 Å². The highest BCUT2D eigenvalue weighted by atomic mass is 16.5. The Kier molecular flexibility index (Phi) is 4.57. The second-order valence-electron chi connectivity index (χ2n) is 4.90. The molecule has 4 N–H and O–H groups in total. The fraction of sp³-hybridized carbons (Fsp3) is 0.429. The van der Waals surface area contributed by atoms with Crippen molar-refractivity contribution in [3.63, 3.8) is 0 Å². The molecule has 1 heterocycles. The Morgan fingerprint density at radius 3 is 2.55 bits per heavy atom. The number of amides is 2. The minimum Gasteiger partial charge on any atom is -0.399 e. The number of rotatable bonds is 5. The van der Waals surface area contributed by atoms with Gasteiger partial charge < -0.3 is 21.1 Å². The van der Waals surface area contributed by atoms with Crippen LogP contribution in [0, 0.1) is 0 Å². The van der Waals surface area contributed by atoms with Crippen molar-refractivity contribution in [3.8, 4) is 0 Å². The Balaban J connectivity index is 2.08. The molecule has 0 bridgehead atoms. The van der Waals surface area contributed by atoms with Crippen LogP contribution in [0.3, 0.4) is 0 Å². The summed E-state index contributed by atoms with van der Waals surface area (Å²) in [7, 11) is 0. The molecule has 1 unspecified atom stereocenters. The largest absolute Gasteiger partial charge is 0.399 e. The zero-order chi connectivity index (χ0) is 14.5. The Hall–Kier alpha value is -2.08. The molecule has 1 aliphatic rings. The van der Waals surface area contributed by atoms with E-state index < -0.39 is 12.0 Å². The van der Waals surface area contributed by atoms with E-state index in [0.717, 1.165) is 12.0 Å². The number of primary amides is 1. The van der Waals surface area contributed by atoms with Gasteiger partial charge in [-0.05, 0) is 30.5 Å². The first-order valence-corrected chi connectivity index (χ1v) is 6.59. The van der Waals surface area contributed by atoms with Crippen molar-refractivity contribution >= 4 is 17.5 Å². The molecule has 20 heavy (non-hydrogen) atoms. The third-order valence-corrected chi connectivity index (χ3v) is 3.22. The first kappa shape index (κ1) is 14.3. The maximum Gasteiger partial charge on any atom is 0.252 e. The molecule has 0 saturated carbocycles. The standard InChI is InChI=1S/C14H19N3O3/c15-11-5-3-10(4-6-11)8-17(9-13(16)18)14(19)12-2-1-7-20-12/h3-6,12H,1-2,7-9,15H2,(H2,16,18). The van der Waals surface area contributed by atoms with Gasteiger partial charge in [-0.1, -0.05) is 12.1 Å². The molecule has 6 heteroatoms. The normalized spacial score (nSPS) is 17.9. The highest BCUT2D eigenvalue weighted by Crippen LogP contribution is 2.16. The van der Waals surface area contributed by atoms with Gasteiger partial charge in [0.05, 0.1) is 6.54 Å². The summed E-state index contributed by atoms with van der Waals surface area (Å²) < 4.78 is 5.37. The van der Waals surface area contributed by atoms with Crippen LogP contribution in [0.2, 0.25) is 0 Å². The van der Waals surface area contributed by atoms with Gasteiger partial charge >= 0.3 is 0 Å². The van der Waals surface area contributed by atoms with Crippen molar-refractivity contribution in [3.05, 3.63) is 29.8 Å². The van der Waals surface area contributed by atoms with Crippen LogP contribution in [-0.4, -0.2) is 36.0 Å². The maximum atomic E-state index is 12.3. The number of benzene rings is 1. The van der Waals surface area contributed by atoms with Crippen molar-refractivity contribution in [1.29, 1.82) is 0 Å². The molecule has 1 fully saturated rings. The summed E-state index contributed by atoms with van der Waals surface area (Å²) >= 11 is 0. The number of carbonyl (C=O) groups is 2. The molecule has 1 aliphatic heterocycles. The number of nitrogens with two attached hydrogens (primary N) is 2. The monoisotopic (exact) mass is 277 g/mol. The van der Waals surface area contributed by atoms with E-state index in [4.69, 9.17) is 16.2 Å². The van der Waals surface area contributed by atoms with Gasteiger partial charge in [-0.15, -0.1) is 0 Å². The predicted molar refractivity (Wildman–Crippen MR) is 74.4 cm³/mol. The molecule has 6 nitrogen and oxygen atoms in total. The predicted octanol–water partition coefficient (Wildman–Crippen LogP) is 0.262. The van der Waals surface area contributed by atoms with Crippen molar-refractivity contribution in [1.82, 2.24) is 4.90 Å². The zero-order valence-corrected chi connectivity index (χ0v) is 11.2. The van der Waals surface area contributed by atoms with Gasteiger partial charge in [-0.25, -0.2) is 0 Å². The van der Waals surface area contributed by atoms with Gasteiger partial charge in [0, 0.05) is 18.8 Å². The summed E-state index contributed by atoms with van der Waals surface area (Å²) in [6.45, 7) is 0.799. The Morgan fingerprint density at radius 1 is 1.30 bits per heavy atom. The minimum absolute atomic E-state index is 0.108. The van der Waals surface area contributed by atoms with Crippen LogP contribution >= 0.6 is 0 Å². The molecule has 108 valence electrons. The minimum atomic E-state index is -0.535. The number of carbonyl (C=O) groups excluding carboxylic acids is 2. The lowest BCUT2D eigenvalue weighted by molar-refractivity contribution is -0.144. The van der Waals surface area contributed by atoms with Crippen molar-refractivity contribution in [2.45, 2.75) is 25.5 Å². The van der Waals surface area contributed by atoms with E-state index >= 15 is 0 Å². The van der Waals surface area contributed by atoms with E-state index in [0.29, 0.717) is 25.3 Å². The first-order valence-electron chi connectivity index (χ1n) is 6.59. The zero-order valence-electron chi connectivity index (χ0n) is 11.2. The summed E-state index contributed by atoms with van der Waals surface area (Å²) in [5, 5.41) is 0. The van der Waals surface area contributed by atoms with Gasteiger partial charge in [0.15, 0.2) is 0 Å². The summed E-state index contributed by atoms with van der Waals surface area (Å²) in [4.78, 5) is 24.9. The summed E-state index contributed by atoms with van der Waals surface area (Å²) in [6, 6.07) is 7.17. The summed E-state index contributed by atoms with van der Waals surface area (Å²) in [5.74, 6) is -0.718. The number of anilines is 1. The SMILES string of the molecule is NC(=O)CN(Cc1ccc(N)cc1)C(=O)C1CCCO1. The average molecular weight is 277 g/mol. The van der Waals surface area contributed by atoms with E-state index in [2.05, 4.69) is 0 Å². The lowest BCUT2D eigenvalue weighted by atomic mass is 10.1. The van der Waals surface area contributed by atoms with Gasteiger partial charge in [0.1, 0.15) is 6.10 Å². The van der Waals surface area contributed by atoms with Crippen LogP contribution in [-0.2, 0) is 20.9 Å². The van der Waals surface area contributed by atoms with Crippen LogP contribution in [0.15, 0.2) is 24.3 Å². The van der Waals surface area contributed by atoms with Crippen molar-refractivity contribution in [2.75, 3.05) is 18.9 Å². The highest BCUT2D eigenvalue weighted by Gasteiger charge is 2.29. The molecule has 1 aromatic carbocycles. The van der Waals surface area contributed by atoms with Crippen molar-refractivity contribution in [2.24, 2.45) is 5.73 Å². The smallest absolute Gasteiger partial charge is 0.252 e. The fourth-order valence-electron chi connectivity index (χ4n) is 2.22. The van der Waals surface area contributed by atoms with Crippen LogP contribution < -0.4 is 11.5 Å². The van der Waals surface area contributed by atoms with E-state index in [1.165, 1.54) is 4.90 Å². The first-order chi connectivity index (χ1) is 9.56. The van der Waals surface area contributed by atoms with Crippen LogP contribution in [0.1, 0.15) is 18.4 Å². The Labute approximate surface area is 117 Å². The van der Waals surface area contributed by atoms with Crippen LogP contribution in [0.4, 0.5) is 5.69 Å². The Morgan fingerprint density at radius 2 is 2.00 bits per heavy atom. The molecule has 0 radical (unpaired) electrons. The van der Waals surface area contributed by atoms with Crippen molar-refractivity contribution < 1.29 is 14.3 Å². The van der Waals surface area contributed by atoms with E-state index in [-0.39, 0.29) is 12.5 Å². The molecule has 2 rings (SSSR count). The molecule has 0 spiro atoms. The molecular weight excluding hydrogens is 258 g/mol. The lowest BCUT2D eigenvalue weighted by Gasteiger charge is -2.24. The molecule has 0 aliphatic carbocycles. The third-order valence-electron chi connectivity index (χ3n) is 3.22. The number of ether oxygens (including phenoxy) is 1. The maximum absolute atomic E-state index is 12.3. The van der Waals surface area contributed by atoms with E-state index in [1.54, 1.807) is 12.1 Å². The second kappa shape index (κ2) is 6.38. The number of nitrogen functional groups attached to an aromatic ring is 1. The van der Waals surface area contributed by atoms with Crippen LogP contribution in [0.5, 0.6) is 0 Å².